The average molecular weight is 181 g/mol. The lowest BCUT2D eigenvalue weighted by molar-refractivity contribution is 0.307. The fourth-order valence-electron chi connectivity index (χ4n) is 1.40. The topological polar surface area (TPSA) is 50.1 Å². The maximum Gasteiger partial charge on any atom is 0.211 e. The van der Waals surface area contributed by atoms with Gasteiger partial charge in [0.25, 0.3) is 0 Å². The lowest BCUT2D eigenvalue weighted by atomic mass is 10.1. The maximum absolute atomic E-state index is 5.42. The zero-order valence-electron chi connectivity index (χ0n) is 8.00. The molecule has 0 radical (unpaired) electrons. The SMILES string of the molecule is Cc1cnc(C(C)NC2CNC2)o1. The molecule has 0 aliphatic carbocycles. The minimum absolute atomic E-state index is 0.209. The summed E-state index contributed by atoms with van der Waals surface area (Å²) in [6, 6.07) is 0.781. The molecular formula is C9H15N3O. The molecule has 1 aromatic rings. The Hall–Kier alpha value is -0.870. The largest absolute Gasteiger partial charge is 0.444 e. The molecule has 0 amide bonds. The summed E-state index contributed by atoms with van der Waals surface area (Å²) in [7, 11) is 0. The number of hydrogen-bond acceptors (Lipinski definition) is 4. The van der Waals surface area contributed by atoms with Crippen LogP contribution >= 0.6 is 0 Å². The number of aromatic nitrogens is 1. The van der Waals surface area contributed by atoms with Crippen molar-refractivity contribution in [2.75, 3.05) is 13.1 Å². The van der Waals surface area contributed by atoms with Crippen molar-refractivity contribution in [3.8, 4) is 0 Å². The normalized spacial score (nSPS) is 19.8. The molecule has 13 heavy (non-hydrogen) atoms. The van der Waals surface area contributed by atoms with Gasteiger partial charge in [0.2, 0.25) is 5.89 Å². The van der Waals surface area contributed by atoms with Crippen molar-refractivity contribution < 1.29 is 4.42 Å². The van der Waals surface area contributed by atoms with Crippen LogP contribution in [0.15, 0.2) is 10.6 Å². The van der Waals surface area contributed by atoms with Gasteiger partial charge in [-0.15, -0.1) is 0 Å². The van der Waals surface area contributed by atoms with Crippen molar-refractivity contribution in [1.82, 2.24) is 15.6 Å². The van der Waals surface area contributed by atoms with E-state index in [1.54, 1.807) is 6.20 Å². The van der Waals surface area contributed by atoms with E-state index in [0.717, 1.165) is 24.7 Å². The molecule has 1 unspecified atom stereocenters. The van der Waals surface area contributed by atoms with Crippen LogP contribution in [0.5, 0.6) is 0 Å². The van der Waals surface area contributed by atoms with E-state index in [1.165, 1.54) is 0 Å². The van der Waals surface area contributed by atoms with Gasteiger partial charge in [-0.1, -0.05) is 0 Å². The third-order valence-corrected chi connectivity index (χ3v) is 2.28. The van der Waals surface area contributed by atoms with Crippen LogP contribution in [0.4, 0.5) is 0 Å². The molecule has 2 rings (SSSR count). The second-order valence-corrected chi connectivity index (χ2v) is 3.55. The van der Waals surface area contributed by atoms with Crippen molar-refractivity contribution in [2.24, 2.45) is 0 Å². The monoisotopic (exact) mass is 181 g/mol. The molecule has 2 heterocycles. The summed E-state index contributed by atoms with van der Waals surface area (Å²) in [5, 5.41) is 6.64. The fourth-order valence-corrected chi connectivity index (χ4v) is 1.40. The van der Waals surface area contributed by atoms with Crippen LogP contribution in [-0.4, -0.2) is 24.1 Å². The smallest absolute Gasteiger partial charge is 0.211 e. The predicted octanol–water partition coefficient (Wildman–Crippen LogP) is 0.605. The first-order valence-corrected chi connectivity index (χ1v) is 4.65. The average Bonchev–Trinajstić information content (AvgIpc) is 2.44. The number of nitrogens with one attached hydrogen (secondary N) is 2. The molecule has 1 aromatic heterocycles. The predicted molar refractivity (Wildman–Crippen MR) is 49.4 cm³/mol. The van der Waals surface area contributed by atoms with Crippen LogP contribution in [0.1, 0.15) is 24.6 Å². The Morgan fingerprint density at radius 2 is 2.46 bits per heavy atom. The van der Waals surface area contributed by atoms with Gasteiger partial charge in [0.1, 0.15) is 5.76 Å². The third kappa shape index (κ3) is 1.89. The first kappa shape index (κ1) is 8.72. The molecule has 1 fully saturated rings. The number of aryl methyl sites for hydroxylation is 1. The highest BCUT2D eigenvalue weighted by Gasteiger charge is 2.21. The van der Waals surface area contributed by atoms with E-state index < -0.39 is 0 Å². The molecule has 1 aliphatic rings. The van der Waals surface area contributed by atoms with Gasteiger partial charge in [-0.05, 0) is 13.8 Å². The van der Waals surface area contributed by atoms with Gasteiger partial charge < -0.3 is 15.1 Å². The Morgan fingerprint density at radius 3 is 2.92 bits per heavy atom. The van der Waals surface area contributed by atoms with E-state index in [4.69, 9.17) is 4.42 Å². The van der Waals surface area contributed by atoms with Gasteiger partial charge in [0.15, 0.2) is 0 Å². The van der Waals surface area contributed by atoms with E-state index in [1.807, 2.05) is 6.92 Å². The van der Waals surface area contributed by atoms with E-state index in [-0.39, 0.29) is 6.04 Å². The lowest BCUT2D eigenvalue weighted by Gasteiger charge is -2.30. The minimum Gasteiger partial charge on any atom is -0.444 e. The summed E-state index contributed by atoms with van der Waals surface area (Å²) in [5.41, 5.74) is 0. The lowest BCUT2D eigenvalue weighted by Crippen LogP contribution is -2.55. The first-order chi connectivity index (χ1) is 6.25. The molecule has 0 spiro atoms. The van der Waals surface area contributed by atoms with Crippen LogP contribution in [-0.2, 0) is 0 Å². The zero-order chi connectivity index (χ0) is 9.26. The van der Waals surface area contributed by atoms with Gasteiger partial charge in [0.05, 0.1) is 12.2 Å². The number of rotatable bonds is 3. The van der Waals surface area contributed by atoms with Gasteiger partial charge in [-0.25, -0.2) is 4.98 Å². The Kier molecular flexibility index (Phi) is 2.33. The summed E-state index contributed by atoms with van der Waals surface area (Å²) in [6.07, 6.45) is 1.76. The second-order valence-electron chi connectivity index (χ2n) is 3.55. The Balaban J connectivity index is 1.92. The van der Waals surface area contributed by atoms with Crippen LogP contribution in [0.2, 0.25) is 0 Å². The van der Waals surface area contributed by atoms with Crippen LogP contribution in [0.3, 0.4) is 0 Å². The third-order valence-electron chi connectivity index (χ3n) is 2.28. The van der Waals surface area contributed by atoms with Gasteiger partial charge >= 0.3 is 0 Å². The van der Waals surface area contributed by atoms with E-state index in [0.29, 0.717) is 6.04 Å². The second kappa shape index (κ2) is 3.47. The van der Waals surface area contributed by atoms with Crippen molar-refractivity contribution >= 4 is 0 Å². The van der Waals surface area contributed by atoms with E-state index >= 15 is 0 Å². The maximum atomic E-state index is 5.42. The fraction of sp³-hybridized carbons (Fsp3) is 0.667. The first-order valence-electron chi connectivity index (χ1n) is 4.65. The zero-order valence-corrected chi connectivity index (χ0v) is 8.00. The molecular weight excluding hydrogens is 166 g/mol. The van der Waals surface area contributed by atoms with Gasteiger partial charge in [-0.3, -0.25) is 0 Å². The highest BCUT2D eigenvalue weighted by Crippen LogP contribution is 2.13. The molecule has 0 bridgehead atoms. The quantitative estimate of drug-likeness (QED) is 0.717. The van der Waals surface area contributed by atoms with E-state index in [2.05, 4.69) is 22.5 Å². The van der Waals surface area contributed by atoms with Crippen molar-refractivity contribution in [1.29, 1.82) is 0 Å². The summed E-state index contributed by atoms with van der Waals surface area (Å²) in [6.45, 7) is 6.08. The van der Waals surface area contributed by atoms with Crippen LogP contribution in [0.25, 0.3) is 0 Å². The summed E-state index contributed by atoms with van der Waals surface area (Å²) >= 11 is 0. The molecule has 0 saturated carbocycles. The molecule has 72 valence electrons. The molecule has 1 aliphatic heterocycles. The molecule has 4 nitrogen and oxygen atoms in total. The minimum atomic E-state index is 0.209. The Bertz CT molecular complexity index is 280. The summed E-state index contributed by atoms with van der Waals surface area (Å²) in [5.74, 6) is 1.65. The molecule has 1 saturated heterocycles. The van der Waals surface area contributed by atoms with Crippen molar-refractivity contribution in [3.63, 3.8) is 0 Å². The summed E-state index contributed by atoms with van der Waals surface area (Å²) < 4.78 is 5.42. The van der Waals surface area contributed by atoms with Crippen LogP contribution < -0.4 is 10.6 Å². The van der Waals surface area contributed by atoms with Crippen molar-refractivity contribution in [3.05, 3.63) is 17.8 Å². The highest BCUT2D eigenvalue weighted by atomic mass is 16.4. The highest BCUT2D eigenvalue weighted by molar-refractivity contribution is 4.97. The van der Waals surface area contributed by atoms with E-state index in [9.17, 15) is 0 Å². The number of oxazole rings is 1. The standard InChI is InChI=1S/C9H15N3O/c1-6-3-11-9(13-6)7(2)12-8-4-10-5-8/h3,7-8,10,12H,4-5H2,1-2H3. The molecule has 0 aromatic carbocycles. The van der Waals surface area contributed by atoms with Crippen molar-refractivity contribution in [2.45, 2.75) is 25.9 Å². The summed E-state index contributed by atoms with van der Waals surface area (Å²) in [4.78, 5) is 4.18. The Morgan fingerprint density at radius 1 is 1.69 bits per heavy atom. The molecule has 2 N–H and O–H groups in total. The van der Waals surface area contributed by atoms with Gasteiger partial charge in [-0.2, -0.15) is 0 Å². The molecule has 4 heteroatoms. The van der Waals surface area contributed by atoms with Crippen LogP contribution in [0, 0.1) is 6.92 Å². The number of nitrogens with zero attached hydrogens (tertiary/aromatic N) is 1. The van der Waals surface area contributed by atoms with Gasteiger partial charge in [0, 0.05) is 19.1 Å². The Labute approximate surface area is 77.7 Å². The molecule has 1 atom stereocenters. The number of hydrogen-bond donors (Lipinski definition) is 2.